The lowest BCUT2D eigenvalue weighted by Crippen LogP contribution is -2.51. The molecule has 2 aromatic carbocycles. The van der Waals surface area contributed by atoms with E-state index >= 15 is 0 Å². The van der Waals surface area contributed by atoms with Gasteiger partial charge in [0.2, 0.25) is 5.91 Å². The van der Waals surface area contributed by atoms with Gasteiger partial charge in [0.1, 0.15) is 18.7 Å². The predicted molar refractivity (Wildman–Crippen MR) is 119 cm³/mol. The molecule has 168 valence electrons. The summed E-state index contributed by atoms with van der Waals surface area (Å²) in [7, 11) is 0. The second-order valence-electron chi connectivity index (χ2n) is 8.51. The molecular weight excluding hydrogens is 408 g/mol. The van der Waals surface area contributed by atoms with Gasteiger partial charge in [0, 0.05) is 5.92 Å². The number of benzene rings is 2. The summed E-state index contributed by atoms with van der Waals surface area (Å²) in [6.45, 7) is 1.85. The maximum Gasteiger partial charge on any atom is 0.407 e. The molecule has 2 amide bonds. The van der Waals surface area contributed by atoms with Gasteiger partial charge >= 0.3 is 12.1 Å². The lowest BCUT2D eigenvalue weighted by Gasteiger charge is -2.21. The van der Waals surface area contributed by atoms with Crippen molar-refractivity contribution in [3.05, 3.63) is 59.7 Å². The van der Waals surface area contributed by atoms with Gasteiger partial charge in [-0.1, -0.05) is 68.3 Å². The van der Waals surface area contributed by atoms with Crippen LogP contribution in [0.5, 0.6) is 0 Å². The van der Waals surface area contributed by atoms with Crippen LogP contribution in [-0.4, -0.2) is 41.8 Å². The van der Waals surface area contributed by atoms with Crippen molar-refractivity contribution in [1.29, 1.82) is 0 Å². The predicted octanol–water partition coefficient (Wildman–Crippen LogP) is 3.67. The number of hydrogen-bond acceptors (Lipinski definition) is 4. The van der Waals surface area contributed by atoms with Gasteiger partial charge in [-0.05, 0) is 41.0 Å². The number of carbonyl (C=O) groups is 3. The minimum absolute atomic E-state index is 0.0691. The van der Waals surface area contributed by atoms with Crippen LogP contribution in [0, 0.1) is 5.92 Å². The van der Waals surface area contributed by atoms with Gasteiger partial charge in [0.15, 0.2) is 0 Å². The van der Waals surface area contributed by atoms with Gasteiger partial charge in [0.05, 0.1) is 0 Å². The van der Waals surface area contributed by atoms with Crippen molar-refractivity contribution in [2.45, 2.75) is 50.6 Å². The van der Waals surface area contributed by atoms with Gasteiger partial charge < -0.3 is 20.5 Å². The van der Waals surface area contributed by atoms with Crippen LogP contribution >= 0.6 is 0 Å². The average Bonchev–Trinajstić information content (AvgIpc) is 3.55. The summed E-state index contributed by atoms with van der Waals surface area (Å²) in [4.78, 5) is 36.5. The SMILES string of the molecule is CC[C@@H](NC(=O)C(CC1CC1)NC(=O)OCC1c2ccccc2-c2ccccc21)C(=O)O. The number of rotatable bonds is 9. The van der Waals surface area contributed by atoms with Crippen LogP contribution in [0.2, 0.25) is 0 Å². The molecule has 0 radical (unpaired) electrons. The van der Waals surface area contributed by atoms with E-state index in [-0.39, 0.29) is 18.9 Å². The first-order valence-electron chi connectivity index (χ1n) is 11.1. The number of hydrogen-bond donors (Lipinski definition) is 3. The molecule has 32 heavy (non-hydrogen) atoms. The van der Waals surface area contributed by atoms with Gasteiger partial charge in [0.25, 0.3) is 0 Å². The molecule has 7 nitrogen and oxygen atoms in total. The zero-order valence-electron chi connectivity index (χ0n) is 18.0. The highest BCUT2D eigenvalue weighted by atomic mass is 16.5. The Morgan fingerprint density at radius 3 is 2.09 bits per heavy atom. The molecule has 0 saturated heterocycles. The Morgan fingerprint density at radius 1 is 0.969 bits per heavy atom. The highest BCUT2D eigenvalue weighted by Crippen LogP contribution is 2.44. The number of alkyl carbamates (subject to hydrolysis) is 1. The number of ether oxygens (including phenoxy) is 1. The van der Waals surface area contributed by atoms with Crippen LogP contribution in [0.15, 0.2) is 48.5 Å². The van der Waals surface area contributed by atoms with E-state index in [1.54, 1.807) is 6.92 Å². The fourth-order valence-corrected chi connectivity index (χ4v) is 4.31. The molecule has 3 N–H and O–H groups in total. The second-order valence-corrected chi connectivity index (χ2v) is 8.51. The molecule has 0 aliphatic heterocycles. The highest BCUT2D eigenvalue weighted by Gasteiger charge is 2.33. The third-order valence-electron chi connectivity index (χ3n) is 6.24. The fraction of sp³-hybridized carbons (Fsp3) is 0.400. The molecule has 2 aliphatic carbocycles. The van der Waals surface area contributed by atoms with Crippen LogP contribution in [-0.2, 0) is 14.3 Å². The summed E-state index contributed by atoms with van der Waals surface area (Å²) < 4.78 is 5.55. The number of carboxylic acids is 1. The molecule has 2 aliphatic rings. The Morgan fingerprint density at radius 2 is 1.56 bits per heavy atom. The summed E-state index contributed by atoms with van der Waals surface area (Å²) in [5, 5.41) is 14.4. The van der Waals surface area contributed by atoms with Crippen molar-refractivity contribution in [3.8, 4) is 11.1 Å². The average molecular weight is 437 g/mol. The molecule has 1 saturated carbocycles. The minimum Gasteiger partial charge on any atom is -0.480 e. The van der Waals surface area contributed by atoms with Gasteiger partial charge in [-0.2, -0.15) is 0 Å². The van der Waals surface area contributed by atoms with Crippen LogP contribution < -0.4 is 10.6 Å². The molecule has 1 fully saturated rings. The van der Waals surface area contributed by atoms with E-state index in [1.165, 1.54) is 0 Å². The van der Waals surface area contributed by atoms with Crippen molar-refractivity contribution in [3.63, 3.8) is 0 Å². The first-order valence-corrected chi connectivity index (χ1v) is 11.1. The maximum atomic E-state index is 12.7. The first kappa shape index (κ1) is 21.9. The molecule has 1 unspecified atom stereocenters. The summed E-state index contributed by atoms with van der Waals surface area (Å²) in [5.74, 6) is -1.28. The molecule has 0 aromatic heterocycles. The first-order chi connectivity index (χ1) is 15.5. The van der Waals surface area contributed by atoms with E-state index < -0.39 is 30.1 Å². The molecule has 0 heterocycles. The molecule has 0 bridgehead atoms. The standard InChI is InChI=1S/C25H28N2O5/c1-2-21(24(29)30)26-23(28)22(13-15-11-12-15)27-25(31)32-14-20-18-9-5-3-7-16(18)17-8-4-6-10-19(17)20/h3-10,15,20-22H,2,11-14H2,1H3,(H,26,28)(H,27,31)(H,29,30)/t21-,22?/m1/s1. The number of carbonyl (C=O) groups excluding carboxylic acids is 2. The molecular formula is C25H28N2O5. The van der Waals surface area contributed by atoms with Crippen molar-refractivity contribution < 1.29 is 24.2 Å². The van der Waals surface area contributed by atoms with E-state index in [0.717, 1.165) is 35.1 Å². The molecule has 4 rings (SSSR count). The molecule has 2 aromatic rings. The summed E-state index contributed by atoms with van der Waals surface area (Å²) >= 11 is 0. The maximum absolute atomic E-state index is 12.7. The van der Waals surface area contributed by atoms with Gasteiger partial charge in [-0.25, -0.2) is 9.59 Å². The zero-order valence-corrected chi connectivity index (χ0v) is 18.0. The van der Waals surface area contributed by atoms with E-state index in [4.69, 9.17) is 4.74 Å². The van der Waals surface area contributed by atoms with E-state index in [0.29, 0.717) is 12.3 Å². The summed E-state index contributed by atoms with van der Waals surface area (Å²) in [5.41, 5.74) is 4.51. The highest BCUT2D eigenvalue weighted by molar-refractivity contribution is 5.89. The third kappa shape index (κ3) is 4.77. The largest absolute Gasteiger partial charge is 0.480 e. The normalized spacial score (nSPS) is 16.4. The van der Waals surface area contributed by atoms with Crippen LogP contribution in [0.25, 0.3) is 11.1 Å². The number of fused-ring (bicyclic) bond motifs is 3. The smallest absolute Gasteiger partial charge is 0.407 e. The monoisotopic (exact) mass is 436 g/mol. The van der Waals surface area contributed by atoms with Crippen LogP contribution in [0.4, 0.5) is 4.79 Å². The van der Waals surface area contributed by atoms with Crippen LogP contribution in [0.1, 0.15) is 49.7 Å². The number of aliphatic carboxylic acids is 1. The lowest BCUT2D eigenvalue weighted by atomic mass is 9.98. The quantitative estimate of drug-likeness (QED) is 0.556. The van der Waals surface area contributed by atoms with Crippen molar-refractivity contribution in [1.82, 2.24) is 10.6 Å². The Balaban J connectivity index is 1.40. The molecule has 7 heteroatoms. The van der Waals surface area contributed by atoms with Gasteiger partial charge in [-0.15, -0.1) is 0 Å². The van der Waals surface area contributed by atoms with E-state index in [2.05, 4.69) is 22.8 Å². The van der Waals surface area contributed by atoms with Crippen molar-refractivity contribution in [2.75, 3.05) is 6.61 Å². The van der Waals surface area contributed by atoms with E-state index in [9.17, 15) is 19.5 Å². The Hall–Kier alpha value is -3.35. The van der Waals surface area contributed by atoms with E-state index in [1.807, 2.05) is 36.4 Å². The second kappa shape index (κ2) is 9.42. The fourth-order valence-electron chi connectivity index (χ4n) is 4.31. The Bertz CT molecular complexity index is 971. The Kier molecular flexibility index (Phi) is 6.44. The molecule has 0 spiro atoms. The van der Waals surface area contributed by atoms with Crippen molar-refractivity contribution >= 4 is 18.0 Å². The summed E-state index contributed by atoms with van der Waals surface area (Å²) in [6, 6.07) is 14.4. The van der Waals surface area contributed by atoms with Crippen LogP contribution in [0.3, 0.4) is 0 Å². The lowest BCUT2D eigenvalue weighted by molar-refractivity contribution is -0.142. The van der Waals surface area contributed by atoms with Gasteiger partial charge in [-0.3, -0.25) is 4.79 Å². The Labute approximate surface area is 187 Å². The number of carboxylic acid groups (broad SMARTS) is 1. The summed E-state index contributed by atoms with van der Waals surface area (Å²) in [6.07, 6.45) is 2.09. The topological polar surface area (TPSA) is 105 Å². The third-order valence-corrected chi connectivity index (χ3v) is 6.24. The number of amides is 2. The molecule has 2 atom stereocenters. The zero-order chi connectivity index (χ0) is 22.7. The number of nitrogens with one attached hydrogen (secondary N) is 2. The minimum atomic E-state index is -1.09. The van der Waals surface area contributed by atoms with Crippen molar-refractivity contribution in [2.24, 2.45) is 5.92 Å².